The Balaban J connectivity index is 1.88. The first-order valence-electron chi connectivity index (χ1n) is 5.22. The Bertz CT molecular complexity index is 336. The third-order valence-corrected chi connectivity index (χ3v) is 2.68. The highest BCUT2D eigenvalue weighted by Crippen LogP contribution is 2.15. The molecule has 2 rings (SSSR count). The molecule has 3 N–H and O–H groups in total. The largest absolute Gasteiger partial charge is 0.381 e. The smallest absolute Gasteiger partial charge is 0.228 e. The quantitative estimate of drug-likeness (QED) is 0.822. The average Bonchev–Trinajstić information content (AvgIpc) is 2.27. The summed E-state index contributed by atoms with van der Waals surface area (Å²) in [6, 6.07) is 0. The maximum Gasteiger partial charge on any atom is 0.228 e. The molecule has 88 valence electrons. The molecule has 1 aliphatic heterocycles. The molecule has 1 saturated heterocycles. The molecule has 6 nitrogen and oxygen atoms in total. The molecular formula is C9H14ClN5O. The molecule has 1 aromatic heterocycles. The van der Waals surface area contributed by atoms with Gasteiger partial charge in [-0.3, -0.25) is 0 Å². The second kappa shape index (κ2) is 5.27. The van der Waals surface area contributed by atoms with E-state index in [0.29, 0.717) is 11.9 Å². The van der Waals surface area contributed by atoms with Crippen LogP contribution in [0.4, 0.5) is 11.9 Å². The van der Waals surface area contributed by atoms with Crippen LogP contribution in [-0.2, 0) is 4.74 Å². The van der Waals surface area contributed by atoms with Crippen LogP contribution >= 0.6 is 11.6 Å². The summed E-state index contributed by atoms with van der Waals surface area (Å²) in [5, 5.41) is 3.23. The molecule has 16 heavy (non-hydrogen) atoms. The van der Waals surface area contributed by atoms with Gasteiger partial charge in [-0.05, 0) is 30.4 Å². The van der Waals surface area contributed by atoms with E-state index in [0.717, 1.165) is 32.6 Å². The number of hydrogen-bond donors (Lipinski definition) is 2. The third-order valence-electron chi connectivity index (χ3n) is 2.52. The van der Waals surface area contributed by atoms with Crippen LogP contribution in [0.1, 0.15) is 12.8 Å². The van der Waals surface area contributed by atoms with E-state index in [4.69, 9.17) is 22.1 Å². The highest BCUT2D eigenvalue weighted by atomic mass is 35.5. The van der Waals surface area contributed by atoms with Gasteiger partial charge in [0.2, 0.25) is 17.2 Å². The molecule has 2 heterocycles. The van der Waals surface area contributed by atoms with Gasteiger partial charge in [0.1, 0.15) is 0 Å². The number of nitrogens with zero attached hydrogens (tertiary/aromatic N) is 3. The summed E-state index contributed by atoms with van der Waals surface area (Å²) in [4.78, 5) is 11.6. The number of ether oxygens (including phenoxy) is 1. The van der Waals surface area contributed by atoms with E-state index >= 15 is 0 Å². The number of nitrogens with two attached hydrogens (primary N) is 1. The van der Waals surface area contributed by atoms with Gasteiger partial charge in [-0.1, -0.05) is 0 Å². The molecule has 0 saturated carbocycles. The monoisotopic (exact) mass is 243 g/mol. The Morgan fingerprint density at radius 3 is 2.75 bits per heavy atom. The molecule has 7 heteroatoms. The standard InChI is InChI=1S/C9H14ClN5O/c10-7-13-8(11)15-9(14-7)12-5-6-1-3-16-4-2-6/h6H,1-5H2,(H3,11,12,13,14,15). The Labute approximate surface area is 98.6 Å². The van der Waals surface area contributed by atoms with Crippen LogP contribution in [0, 0.1) is 5.92 Å². The highest BCUT2D eigenvalue weighted by Gasteiger charge is 2.14. The van der Waals surface area contributed by atoms with Crippen LogP contribution in [0.2, 0.25) is 5.28 Å². The van der Waals surface area contributed by atoms with Crippen molar-refractivity contribution < 1.29 is 4.74 Å². The second-order valence-corrected chi connectivity index (χ2v) is 4.06. The summed E-state index contributed by atoms with van der Waals surface area (Å²) in [5.41, 5.74) is 5.46. The molecule has 0 unspecified atom stereocenters. The average molecular weight is 244 g/mol. The number of nitrogen functional groups attached to an aromatic ring is 1. The molecule has 0 spiro atoms. The second-order valence-electron chi connectivity index (χ2n) is 3.72. The van der Waals surface area contributed by atoms with Gasteiger partial charge >= 0.3 is 0 Å². The van der Waals surface area contributed by atoms with Crippen molar-refractivity contribution in [3.05, 3.63) is 5.28 Å². The van der Waals surface area contributed by atoms with Gasteiger partial charge in [-0.25, -0.2) is 0 Å². The zero-order valence-corrected chi connectivity index (χ0v) is 9.57. The van der Waals surface area contributed by atoms with Crippen molar-refractivity contribution in [2.75, 3.05) is 30.8 Å². The van der Waals surface area contributed by atoms with Crippen molar-refractivity contribution in [2.45, 2.75) is 12.8 Å². The summed E-state index contributed by atoms with van der Waals surface area (Å²) in [6.45, 7) is 2.46. The predicted molar refractivity (Wildman–Crippen MR) is 61.3 cm³/mol. The highest BCUT2D eigenvalue weighted by molar-refractivity contribution is 6.28. The van der Waals surface area contributed by atoms with Crippen LogP contribution in [0.3, 0.4) is 0 Å². The van der Waals surface area contributed by atoms with E-state index < -0.39 is 0 Å². The van der Waals surface area contributed by atoms with Gasteiger partial charge in [0.15, 0.2) is 0 Å². The van der Waals surface area contributed by atoms with Crippen LogP contribution < -0.4 is 11.1 Å². The minimum absolute atomic E-state index is 0.113. The van der Waals surface area contributed by atoms with Gasteiger partial charge in [0.25, 0.3) is 0 Å². The lowest BCUT2D eigenvalue weighted by Gasteiger charge is -2.22. The predicted octanol–water partition coefficient (Wildman–Crippen LogP) is 0.946. The molecule has 1 aromatic rings. The normalized spacial score (nSPS) is 17.3. The van der Waals surface area contributed by atoms with E-state index in [9.17, 15) is 0 Å². The van der Waals surface area contributed by atoms with Crippen molar-refractivity contribution in [2.24, 2.45) is 5.92 Å². The SMILES string of the molecule is Nc1nc(Cl)nc(NCC2CCOCC2)n1. The number of hydrogen-bond acceptors (Lipinski definition) is 6. The van der Waals surface area contributed by atoms with Gasteiger partial charge in [0.05, 0.1) is 0 Å². The van der Waals surface area contributed by atoms with Gasteiger partial charge in [0, 0.05) is 19.8 Å². The first-order chi connectivity index (χ1) is 7.74. The molecule has 0 amide bonds. The van der Waals surface area contributed by atoms with E-state index in [1.807, 2.05) is 0 Å². The molecule has 0 atom stereocenters. The zero-order valence-electron chi connectivity index (χ0n) is 8.82. The van der Waals surface area contributed by atoms with Gasteiger partial charge in [-0.15, -0.1) is 0 Å². The van der Waals surface area contributed by atoms with Crippen molar-refractivity contribution in [1.29, 1.82) is 0 Å². The van der Waals surface area contributed by atoms with Crippen molar-refractivity contribution in [1.82, 2.24) is 15.0 Å². The summed E-state index contributed by atoms with van der Waals surface area (Å²) in [7, 11) is 0. The van der Waals surface area contributed by atoms with Crippen molar-refractivity contribution in [3.63, 3.8) is 0 Å². The first kappa shape index (κ1) is 11.3. The number of nitrogens with one attached hydrogen (secondary N) is 1. The molecular weight excluding hydrogens is 230 g/mol. The van der Waals surface area contributed by atoms with E-state index in [-0.39, 0.29) is 11.2 Å². The van der Waals surface area contributed by atoms with Crippen LogP contribution in [0.15, 0.2) is 0 Å². The molecule has 0 aliphatic carbocycles. The van der Waals surface area contributed by atoms with E-state index in [1.165, 1.54) is 0 Å². The fraction of sp³-hybridized carbons (Fsp3) is 0.667. The maximum absolute atomic E-state index is 5.67. The zero-order chi connectivity index (χ0) is 11.4. The van der Waals surface area contributed by atoms with Gasteiger partial charge in [-0.2, -0.15) is 15.0 Å². The fourth-order valence-electron chi connectivity index (χ4n) is 1.63. The van der Waals surface area contributed by atoms with Crippen molar-refractivity contribution >= 4 is 23.5 Å². The lowest BCUT2D eigenvalue weighted by molar-refractivity contribution is 0.0699. The number of rotatable bonds is 3. The fourth-order valence-corrected chi connectivity index (χ4v) is 1.80. The molecule has 1 aliphatic rings. The number of halogens is 1. The van der Waals surface area contributed by atoms with Crippen LogP contribution in [-0.4, -0.2) is 34.7 Å². The van der Waals surface area contributed by atoms with E-state index in [2.05, 4.69) is 20.3 Å². The first-order valence-corrected chi connectivity index (χ1v) is 5.60. The summed E-state index contributed by atoms with van der Waals surface area (Å²) < 4.78 is 5.28. The summed E-state index contributed by atoms with van der Waals surface area (Å²) >= 11 is 5.67. The van der Waals surface area contributed by atoms with Crippen molar-refractivity contribution in [3.8, 4) is 0 Å². The molecule has 1 fully saturated rings. The Morgan fingerprint density at radius 1 is 1.31 bits per heavy atom. The minimum atomic E-state index is 0.113. The third kappa shape index (κ3) is 3.18. The number of aromatic nitrogens is 3. The summed E-state index contributed by atoms with van der Waals surface area (Å²) in [5.74, 6) is 1.16. The van der Waals surface area contributed by atoms with Gasteiger partial charge < -0.3 is 15.8 Å². The van der Waals surface area contributed by atoms with Crippen LogP contribution in [0.5, 0.6) is 0 Å². The topological polar surface area (TPSA) is 86.0 Å². The van der Waals surface area contributed by atoms with Crippen LogP contribution in [0.25, 0.3) is 0 Å². The lowest BCUT2D eigenvalue weighted by Crippen LogP contribution is -2.23. The molecule has 0 aromatic carbocycles. The maximum atomic E-state index is 5.67. The molecule has 0 bridgehead atoms. The number of anilines is 2. The Morgan fingerprint density at radius 2 is 2.06 bits per heavy atom. The lowest BCUT2D eigenvalue weighted by atomic mass is 10.0. The summed E-state index contributed by atoms with van der Waals surface area (Å²) in [6.07, 6.45) is 2.11. The minimum Gasteiger partial charge on any atom is -0.381 e. The Kier molecular flexibility index (Phi) is 3.74. The van der Waals surface area contributed by atoms with E-state index in [1.54, 1.807) is 0 Å². The molecule has 0 radical (unpaired) electrons. The Hall–Kier alpha value is -1.14.